The molecule has 2 aliphatic rings. The highest BCUT2D eigenvalue weighted by Crippen LogP contribution is 2.31. The molecule has 1 saturated heterocycles. The van der Waals surface area contributed by atoms with Crippen LogP contribution in [0.25, 0.3) is 0 Å². The summed E-state index contributed by atoms with van der Waals surface area (Å²) in [7, 11) is 3.21. The smallest absolute Gasteiger partial charge is 0.257 e. The average molecular weight is 380 g/mol. The van der Waals surface area contributed by atoms with Gasteiger partial charge in [0.25, 0.3) is 5.91 Å². The molecule has 1 heterocycles. The van der Waals surface area contributed by atoms with Gasteiger partial charge < -0.3 is 14.4 Å². The van der Waals surface area contributed by atoms with E-state index in [1.807, 2.05) is 23.1 Å². The van der Waals surface area contributed by atoms with Gasteiger partial charge in [0.05, 0.1) is 19.8 Å². The van der Waals surface area contributed by atoms with Crippen molar-refractivity contribution in [3.05, 3.63) is 59.7 Å². The Morgan fingerprint density at radius 3 is 2.50 bits per heavy atom. The molecule has 0 spiro atoms. The number of nitrogens with zero attached hydrogens (tertiary/aromatic N) is 2. The van der Waals surface area contributed by atoms with E-state index >= 15 is 0 Å². The van der Waals surface area contributed by atoms with E-state index in [2.05, 4.69) is 29.2 Å². The summed E-state index contributed by atoms with van der Waals surface area (Å²) in [5.41, 5.74) is 1.87. The second kappa shape index (κ2) is 8.23. The highest BCUT2D eigenvalue weighted by molar-refractivity contribution is 5.97. The zero-order valence-electron chi connectivity index (χ0n) is 16.6. The Balaban J connectivity index is 1.59. The Morgan fingerprint density at radius 1 is 1.04 bits per heavy atom. The Morgan fingerprint density at radius 2 is 1.82 bits per heavy atom. The van der Waals surface area contributed by atoms with Crippen LogP contribution in [0.4, 0.5) is 0 Å². The number of carbonyl (C=O) groups is 1. The second-order valence-corrected chi connectivity index (χ2v) is 7.63. The van der Waals surface area contributed by atoms with E-state index in [0.717, 1.165) is 26.1 Å². The molecule has 1 atom stereocenters. The predicted molar refractivity (Wildman–Crippen MR) is 109 cm³/mol. The van der Waals surface area contributed by atoms with Crippen molar-refractivity contribution in [1.82, 2.24) is 9.80 Å². The molecule has 0 radical (unpaired) electrons. The number of hydrogen-bond acceptors (Lipinski definition) is 4. The number of hydrogen-bond donors (Lipinski definition) is 0. The Bertz CT molecular complexity index is 820. The van der Waals surface area contributed by atoms with Crippen molar-refractivity contribution >= 4 is 5.91 Å². The maximum Gasteiger partial charge on any atom is 0.257 e. The largest absolute Gasteiger partial charge is 0.497 e. The zero-order valence-corrected chi connectivity index (χ0v) is 16.6. The number of piperazine rings is 1. The molecule has 2 aromatic carbocycles. The van der Waals surface area contributed by atoms with Crippen molar-refractivity contribution in [2.24, 2.45) is 0 Å². The van der Waals surface area contributed by atoms with Crippen LogP contribution in [-0.2, 0) is 6.42 Å². The summed E-state index contributed by atoms with van der Waals surface area (Å²) in [6, 6.07) is 16.7. The van der Waals surface area contributed by atoms with E-state index in [9.17, 15) is 4.79 Å². The van der Waals surface area contributed by atoms with E-state index in [-0.39, 0.29) is 11.9 Å². The lowest BCUT2D eigenvalue weighted by Crippen LogP contribution is -2.56. The van der Waals surface area contributed by atoms with Crippen LogP contribution in [-0.4, -0.2) is 61.6 Å². The SMILES string of the molecule is COc1ccc(C(=O)N2CCN(C3CC3)CC2Cc2ccccc2)c(OC)c1. The molecule has 1 aliphatic heterocycles. The van der Waals surface area contributed by atoms with Crippen LogP contribution >= 0.6 is 0 Å². The van der Waals surface area contributed by atoms with Crippen LogP contribution < -0.4 is 9.47 Å². The first kappa shape index (κ1) is 18.8. The van der Waals surface area contributed by atoms with Gasteiger partial charge in [0.15, 0.2) is 0 Å². The first-order chi connectivity index (χ1) is 13.7. The van der Waals surface area contributed by atoms with E-state index in [4.69, 9.17) is 9.47 Å². The zero-order chi connectivity index (χ0) is 19.5. The second-order valence-electron chi connectivity index (χ2n) is 7.63. The van der Waals surface area contributed by atoms with Crippen LogP contribution in [0.5, 0.6) is 11.5 Å². The van der Waals surface area contributed by atoms with Gasteiger partial charge in [0.2, 0.25) is 0 Å². The van der Waals surface area contributed by atoms with Gasteiger partial charge in [-0.25, -0.2) is 0 Å². The third-order valence-electron chi connectivity index (χ3n) is 5.79. The molecule has 2 aromatic rings. The fraction of sp³-hybridized carbons (Fsp3) is 0.435. The number of rotatable bonds is 6. The summed E-state index contributed by atoms with van der Waals surface area (Å²) in [6.07, 6.45) is 3.45. The van der Waals surface area contributed by atoms with Gasteiger partial charge in [-0.3, -0.25) is 9.69 Å². The minimum Gasteiger partial charge on any atom is -0.497 e. The quantitative estimate of drug-likeness (QED) is 0.772. The van der Waals surface area contributed by atoms with E-state index in [1.165, 1.54) is 18.4 Å². The highest BCUT2D eigenvalue weighted by atomic mass is 16.5. The number of benzene rings is 2. The minimum atomic E-state index is 0.0379. The lowest BCUT2D eigenvalue weighted by atomic mass is 10.0. The first-order valence-corrected chi connectivity index (χ1v) is 10.0. The maximum atomic E-state index is 13.5. The summed E-state index contributed by atoms with van der Waals surface area (Å²) in [4.78, 5) is 18.1. The lowest BCUT2D eigenvalue weighted by Gasteiger charge is -2.42. The maximum absolute atomic E-state index is 13.5. The molecule has 1 saturated carbocycles. The molecule has 1 aliphatic carbocycles. The van der Waals surface area contributed by atoms with E-state index in [0.29, 0.717) is 23.1 Å². The molecular formula is C23H28N2O3. The lowest BCUT2D eigenvalue weighted by molar-refractivity contribution is 0.0434. The molecule has 4 rings (SSSR count). The van der Waals surface area contributed by atoms with Crippen molar-refractivity contribution in [3.8, 4) is 11.5 Å². The molecular weight excluding hydrogens is 352 g/mol. The first-order valence-electron chi connectivity index (χ1n) is 10.0. The summed E-state index contributed by atoms with van der Waals surface area (Å²) in [5.74, 6) is 1.29. The fourth-order valence-corrected chi connectivity index (χ4v) is 4.11. The minimum absolute atomic E-state index is 0.0379. The molecule has 0 aromatic heterocycles. The predicted octanol–water partition coefficient (Wildman–Crippen LogP) is 3.24. The third kappa shape index (κ3) is 3.99. The van der Waals surface area contributed by atoms with Crippen LogP contribution in [0.1, 0.15) is 28.8 Å². The van der Waals surface area contributed by atoms with Crippen LogP contribution in [0.2, 0.25) is 0 Å². The normalized spacial score (nSPS) is 20.1. The summed E-state index contributed by atoms with van der Waals surface area (Å²) in [5, 5.41) is 0. The van der Waals surface area contributed by atoms with Crippen LogP contribution in [0.15, 0.2) is 48.5 Å². The van der Waals surface area contributed by atoms with Crippen molar-refractivity contribution in [2.75, 3.05) is 33.9 Å². The number of methoxy groups -OCH3 is 2. The van der Waals surface area contributed by atoms with Crippen molar-refractivity contribution < 1.29 is 14.3 Å². The van der Waals surface area contributed by atoms with E-state index < -0.39 is 0 Å². The molecule has 148 valence electrons. The molecule has 2 fully saturated rings. The summed E-state index contributed by atoms with van der Waals surface area (Å²) >= 11 is 0. The summed E-state index contributed by atoms with van der Waals surface area (Å²) < 4.78 is 10.8. The molecule has 5 nitrogen and oxygen atoms in total. The molecule has 28 heavy (non-hydrogen) atoms. The number of ether oxygens (including phenoxy) is 2. The Labute approximate surface area is 166 Å². The molecule has 1 amide bonds. The topological polar surface area (TPSA) is 42.0 Å². The number of carbonyl (C=O) groups excluding carboxylic acids is 1. The van der Waals surface area contributed by atoms with Gasteiger partial charge in [0.1, 0.15) is 11.5 Å². The molecule has 0 N–H and O–H groups in total. The Kier molecular flexibility index (Phi) is 5.53. The Hall–Kier alpha value is -2.53. The molecule has 1 unspecified atom stereocenters. The monoisotopic (exact) mass is 380 g/mol. The number of amides is 1. The van der Waals surface area contributed by atoms with Crippen molar-refractivity contribution in [1.29, 1.82) is 0 Å². The van der Waals surface area contributed by atoms with E-state index in [1.54, 1.807) is 20.3 Å². The van der Waals surface area contributed by atoms with Crippen molar-refractivity contribution in [3.63, 3.8) is 0 Å². The highest BCUT2D eigenvalue weighted by Gasteiger charge is 2.37. The van der Waals surface area contributed by atoms with Crippen LogP contribution in [0, 0.1) is 0 Å². The summed E-state index contributed by atoms with van der Waals surface area (Å²) in [6.45, 7) is 2.63. The standard InChI is InChI=1S/C23H28N2O3/c1-27-20-10-11-21(22(15-20)28-2)23(26)25-13-12-24(18-8-9-18)16-19(25)14-17-6-4-3-5-7-17/h3-7,10-11,15,18-19H,8-9,12-14,16H2,1-2H3. The molecule has 5 heteroatoms. The van der Waals surface area contributed by atoms with Gasteiger partial charge >= 0.3 is 0 Å². The van der Waals surface area contributed by atoms with Gasteiger partial charge in [-0.2, -0.15) is 0 Å². The van der Waals surface area contributed by atoms with Crippen LogP contribution in [0.3, 0.4) is 0 Å². The van der Waals surface area contributed by atoms with Gasteiger partial charge in [-0.1, -0.05) is 30.3 Å². The van der Waals surface area contributed by atoms with Crippen molar-refractivity contribution in [2.45, 2.75) is 31.3 Å². The third-order valence-corrected chi connectivity index (χ3v) is 5.79. The molecule has 0 bridgehead atoms. The van der Waals surface area contributed by atoms with Gasteiger partial charge in [-0.15, -0.1) is 0 Å². The van der Waals surface area contributed by atoms with Gasteiger partial charge in [0, 0.05) is 37.8 Å². The fourth-order valence-electron chi connectivity index (χ4n) is 4.11. The van der Waals surface area contributed by atoms with Gasteiger partial charge in [-0.05, 0) is 37.0 Å². The average Bonchev–Trinajstić information content (AvgIpc) is 3.59.